The monoisotopic (exact) mass is 262 g/mol. The number of allylic oxidation sites excluding steroid dienone is 2. The zero-order valence-electron chi connectivity index (χ0n) is 11.7. The number of carbonyl (C=O) groups is 1. The molecule has 0 atom stereocenters. The van der Waals surface area contributed by atoms with Crippen molar-refractivity contribution >= 4 is 13.1 Å². The van der Waals surface area contributed by atoms with Gasteiger partial charge in [0.15, 0.2) is 0 Å². The molecule has 5 heteroatoms. The Labute approximate surface area is 104 Å². The Morgan fingerprint density at radius 3 is 1.59 bits per heavy atom. The fourth-order valence-electron chi connectivity index (χ4n) is 1.06. The lowest BCUT2D eigenvalue weighted by atomic mass is 10.2. The molecule has 17 heavy (non-hydrogen) atoms. The summed E-state index contributed by atoms with van der Waals surface area (Å²) in [5.74, 6) is 0. The van der Waals surface area contributed by atoms with Crippen LogP contribution in [0.2, 0.25) is 0 Å². The maximum atomic E-state index is 12.5. The van der Waals surface area contributed by atoms with Crippen LogP contribution in [0.15, 0.2) is 12.2 Å². The lowest BCUT2D eigenvalue weighted by molar-refractivity contribution is -0.111. The average molecular weight is 262 g/mol. The molecule has 0 heterocycles. The number of rotatable bonds is 4. The summed E-state index contributed by atoms with van der Waals surface area (Å²) in [6.07, 6.45) is 2.74. The lowest BCUT2D eigenvalue weighted by Crippen LogP contribution is -2.26. The Balaban J connectivity index is 5.23. The van der Waals surface area contributed by atoms with Crippen LogP contribution in [-0.4, -0.2) is 16.7 Å². The fraction of sp³-hybridized carbons (Fsp3) is 0.750. The second-order valence-corrected chi connectivity index (χ2v) is 7.54. The molecule has 0 N–H and O–H groups in total. The lowest BCUT2D eigenvalue weighted by Gasteiger charge is -2.30. The van der Waals surface area contributed by atoms with Gasteiger partial charge in [-0.2, -0.15) is 0 Å². The molecule has 0 unspecified atom stereocenters. The molecule has 0 aliphatic carbocycles. The Bertz CT molecular complexity index is 324. The zero-order valence-corrected chi connectivity index (χ0v) is 12.6. The first kappa shape index (κ1) is 16.6. The summed E-state index contributed by atoms with van der Waals surface area (Å²) in [6.45, 7) is 12.1. The van der Waals surface area contributed by atoms with E-state index in [0.717, 1.165) is 0 Å². The van der Waals surface area contributed by atoms with Crippen LogP contribution >= 0.6 is 7.60 Å². The summed E-state index contributed by atoms with van der Waals surface area (Å²) >= 11 is 0. The zero-order chi connectivity index (χ0) is 13.9. The van der Waals surface area contributed by atoms with E-state index in [4.69, 9.17) is 9.05 Å². The number of hydrogen-bond donors (Lipinski definition) is 0. The predicted octanol–water partition coefficient (Wildman–Crippen LogP) is 3.91. The van der Waals surface area contributed by atoms with E-state index in [0.29, 0.717) is 0 Å². The van der Waals surface area contributed by atoms with Gasteiger partial charge < -0.3 is 0 Å². The molecule has 0 aliphatic rings. The van der Waals surface area contributed by atoms with E-state index < -0.39 is 24.3 Å². The molecule has 0 radical (unpaired) electrons. The quantitative estimate of drug-likeness (QED) is 0.569. The van der Waals surface area contributed by atoms with Crippen molar-refractivity contribution in [1.29, 1.82) is 0 Å². The van der Waals surface area contributed by atoms with Gasteiger partial charge in [-0.1, -0.05) is 6.08 Å². The molecular weight excluding hydrogens is 239 g/mol. The molecule has 100 valence electrons. The van der Waals surface area contributed by atoms with E-state index in [-0.39, 0.29) is 0 Å². The smallest absolute Gasteiger partial charge is 0.297 e. The van der Waals surface area contributed by atoms with Gasteiger partial charge in [0.25, 0.3) is 5.52 Å². The highest BCUT2D eigenvalue weighted by molar-refractivity contribution is 7.72. The van der Waals surface area contributed by atoms with Crippen LogP contribution in [-0.2, 0) is 18.4 Å². The highest BCUT2D eigenvalue weighted by Gasteiger charge is 2.40. The molecule has 0 spiro atoms. The summed E-state index contributed by atoms with van der Waals surface area (Å²) in [5, 5.41) is 0. The third-order valence-electron chi connectivity index (χ3n) is 1.37. The van der Waals surface area contributed by atoms with Crippen LogP contribution in [0.4, 0.5) is 0 Å². The molecule has 0 bridgehead atoms. The van der Waals surface area contributed by atoms with Gasteiger partial charge in [-0.3, -0.25) is 18.4 Å². The van der Waals surface area contributed by atoms with E-state index in [1.54, 1.807) is 48.5 Å². The van der Waals surface area contributed by atoms with Gasteiger partial charge in [-0.05, 0) is 54.5 Å². The number of carbonyl (C=O) groups excluding carboxylic acids is 1. The summed E-state index contributed by atoms with van der Waals surface area (Å²) in [6, 6.07) is 0. The van der Waals surface area contributed by atoms with Crippen molar-refractivity contribution in [3.05, 3.63) is 12.2 Å². The number of hydrogen-bond acceptors (Lipinski definition) is 4. The van der Waals surface area contributed by atoms with E-state index in [2.05, 4.69) is 0 Å². The highest BCUT2D eigenvalue weighted by atomic mass is 31.2. The van der Waals surface area contributed by atoms with Crippen LogP contribution in [0.3, 0.4) is 0 Å². The Kier molecular flexibility index (Phi) is 5.33. The molecular formula is C12H23O4P. The first-order chi connectivity index (χ1) is 7.40. The molecule has 0 aromatic heterocycles. The standard InChI is InChI=1S/C12H23O4P/c1-8-9-10(13)17(14,15-11(2,3)4)16-12(5,6)7/h8-9H,1-7H3/b9-8+. The summed E-state index contributed by atoms with van der Waals surface area (Å²) < 4.78 is 23.2. The van der Waals surface area contributed by atoms with E-state index in [1.165, 1.54) is 12.2 Å². The third-order valence-corrected chi connectivity index (χ3v) is 3.63. The Morgan fingerprint density at radius 2 is 1.35 bits per heavy atom. The maximum Gasteiger partial charge on any atom is 0.401 e. The van der Waals surface area contributed by atoms with Crippen molar-refractivity contribution in [2.75, 3.05) is 0 Å². The van der Waals surface area contributed by atoms with Crippen molar-refractivity contribution in [1.82, 2.24) is 0 Å². The van der Waals surface area contributed by atoms with Gasteiger partial charge in [0, 0.05) is 0 Å². The van der Waals surface area contributed by atoms with Gasteiger partial charge in [0.2, 0.25) is 0 Å². The van der Waals surface area contributed by atoms with Gasteiger partial charge >= 0.3 is 7.60 Å². The largest absolute Gasteiger partial charge is 0.401 e. The summed E-state index contributed by atoms with van der Waals surface area (Å²) in [4.78, 5) is 11.8. The third kappa shape index (κ3) is 6.77. The topological polar surface area (TPSA) is 52.6 Å². The minimum Gasteiger partial charge on any atom is -0.297 e. The fourth-order valence-corrected chi connectivity index (χ4v) is 3.05. The highest BCUT2D eigenvalue weighted by Crippen LogP contribution is 2.55. The second kappa shape index (κ2) is 5.47. The maximum absolute atomic E-state index is 12.5. The molecule has 0 amide bonds. The molecule has 4 nitrogen and oxygen atoms in total. The minimum atomic E-state index is -3.80. The van der Waals surface area contributed by atoms with Gasteiger partial charge in [0.05, 0.1) is 11.2 Å². The van der Waals surface area contributed by atoms with Gasteiger partial charge in [-0.15, -0.1) is 0 Å². The van der Waals surface area contributed by atoms with E-state index in [1.807, 2.05) is 0 Å². The van der Waals surface area contributed by atoms with Crippen LogP contribution in [0.1, 0.15) is 48.5 Å². The Morgan fingerprint density at radius 1 is 1.00 bits per heavy atom. The molecule has 0 rings (SSSR count). The first-order valence-corrected chi connectivity index (χ1v) is 7.13. The van der Waals surface area contributed by atoms with Crippen LogP contribution < -0.4 is 0 Å². The SMILES string of the molecule is C/C=C/C(=O)P(=O)(OC(C)(C)C)OC(C)(C)C. The molecule has 0 saturated heterocycles. The average Bonchev–Trinajstić information content (AvgIpc) is 1.96. The van der Waals surface area contributed by atoms with Gasteiger partial charge in [-0.25, -0.2) is 0 Å². The van der Waals surface area contributed by atoms with Crippen molar-refractivity contribution in [2.45, 2.75) is 59.7 Å². The van der Waals surface area contributed by atoms with Crippen LogP contribution in [0.25, 0.3) is 0 Å². The molecule has 0 aliphatic heterocycles. The molecule has 0 saturated carbocycles. The predicted molar refractivity (Wildman–Crippen MR) is 69.1 cm³/mol. The van der Waals surface area contributed by atoms with E-state index in [9.17, 15) is 9.36 Å². The van der Waals surface area contributed by atoms with Crippen LogP contribution in [0.5, 0.6) is 0 Å². The molecule has 0 fully saturated rings. The van der Waals surface area contributed by atoms with Crippen molar-refractivity contribution < 1.29 is 18.4 Å². The van der Waals surface area contributed by atoms with Crippen LogP contribution in [0, 0.1) is 0 Å². The van der Waals surface area contributed by atoms with Gasteiger partial charge in [0.1, 0.15) is 0 Å². The first-order valence-electron chi connectivity index (χ1n) is 5.58. The second-order valence-electron chi connectivity index (χ2n) is 5.74. The normalized spacial score (nSPS) is 14.3. The summed E-state index contributed by atoms with van der Waals surface area (Å²) in [5.41, 5.74) is -2.04. The molecule has 0 aromatic carbocycles. The van der Waals surface area contributed by atoms with Crippen molar-refractivity contribution in [2.24, 2.45) is 0 Å². The van der Waals surface area contributed by atoms with E-state index >= 15 is 0 Å². The Hall–Kier alpha value is -0.440. The molecule has 0 aromatic rings. The summed E-state index contributed by atoms with van der Waals surface area (Å²) in [7, 11) is -3.80. The van der Waals surface area contributed by atoms with Crippen molar-refractivity contribution in [3.8, 4) is 0 Å². The van der Waals surface area contributed by atoms with Crippen molar-refractivity contribution in [3.63, 3.8) is 0 Å². The minimum absolute atomic E-state index is 0.621.